The predicted octanol–water partition coefficient (Wildman–Crippen LogP) is 1.39. The van der Waals surface area contributed by atoms with Crippen molar-refractivity contribution in [1.82, 2.24) is 20.9 Å². The van der Waals surface area contributed by atoms with Crippen LogP contribution in [0.5, 0.6) is 0 Å². The molecule has 0 unspecified atom stereocenters. The van der Waals surface area contributed by atoms with Crippen LogP contribution in [0.25, 0.3) is 0 Å². The fourth-order valence-corrected chi connectivity index (χ4v) is 5.03. The molecule has 0 spiro atoms. The van der Waals surface area contributed by atoms with Gasteiger partial charge in [-0.3, -0.25) is 19.2 Å². The molecule has 11 nitrogen and oxygen atoms in total. The Bertz CT molecular complexity index is 945. The number of halogens is 2. The standard InChI is InChI=1S/C25H40F2N4O7/c1-23(2,3)18(30-22(36)37-8)21(35)31-12-15-13(11-24(4,5)38-15)16(31)19(33)29-14(9-10-25(6,26)27)17(32)20(34)28-7/h13-16,18H,9-12H2,1-8H3,(H,28,34)(H,29,33)(H,30,36)/t13-,14-,15-,16-,18+/m0/s1. The van der Waals surface area contributed by atoms with Crippen molar-refractivity contribution in [2.75, 3.05) is 20.7 Å². The average Bonchev–Trinajstić information content (AvgIpc) is 3.28. The molecule has 0 radical (unpaired) electrons. The van der Waals surface area contributed by atoms with Crippen LogP contribution in [0.3, 0.4) is 0 Å². The number of nitrogens with zero attached hydrogens (tertiary/aromatic N) is 1. The van der Waals surface area contributed by atoms with Crippen molar-refractivity contribution in [3.05, 3.63) is 0 Å². The van der Waals surface area contributed by atoms with Gasteiger partial charge in [-0.15, -0.1) is 0 Å². The van der Waals surface area contributed by atoms with E-state index in [-0.39, 0.29) is 6.54 Å². The maximum atomic E-state index is 13.8. The van der Waals surface area contributed by atoms with Crippen molar-refractivity contribution in [3.8, 4) is 0 Å². The number of alkyl halides is 2. The molecule has 0 bridgehead atoms. The SMILES string of the molecule is CNC(=O)C(=O)[C@H](CCC(C)(F)F)NC(=O)[C@@H]1[C@H]2CC(C)(C)O[C@H]2CN1C(=O)[C@@H](NC(=O)OC)C(C)(C)C. The Morgan fingerprint density at radius 3 is 2.21 bits per heavy atom. The van der Waals surface area contributed by atoms with E-state index in [1.165, 1.54) is 11.9 Å². The van der Waals surface area contributed by atoms with Crippen LogP contribution < -0.4 is 16.0 Å². The monoisotopic (exact) mass is 546 g/mol. The molecule has 2 aliphatic heterocycles. The Hall–Kier alpha value is -2.83. The maximum absolute atomic E-state index is 13.8. The number of fused-ring (bicyclic) bond motifs is 1. The van der Waals surface area contributed by atoms with Gasteiger partial charge in [0.05, 0.1) is 24.9 Å². The first-order valence-electron chi connectivity index (χ1n) is 12.6. The molecule has 216 valence electrons. The lowest BCUT2D eigenvalue weighted by Gasteiger charge is -2.36. The number of hydrogen-bond donors (Lipinski definition) is 3. The maximum Gasteiger partial charge on any atom is 0.407 e. The summed E-state index contributed by atoms with van der Waals surface area (Å²) in [4.78, 5) is 65.4. The number of amides is 4. The number of alkyl carbamates (subject to hydrolysis) is 1. The molecule has 0 aromatic heterocycles. The van der Waals surface area contributed by atoms with Crippen LogP contribution in [0.2, 0.25) is 0 Å². The van der Waals surface area contributed by atoms with Crippen molar-refractivity contribution in [1.29, 1.82) is 0 Å². The lowest BCUT2D eigenvalue weighted by Crippen LogP contribution is -2.60. The first-order chi connectivity index (χ1) is 17.3. The number of carbonyl (C=O) groups excluding carboxylic acids is 5. The molecule has 2 aliphatic rings. The van der Waals surface area contributed by atoms with Crippen molar-refractivity contribution < 1.29 is 42.2 Å². The van der Waals surface area contributed by atoms with Crippen LogP contribution >= 0.6 is 0 Å². The van der Waals surface area contributed by atoms with Crippen molar-refractivity contribution in [2.45, 2.75) is 96.6 Å². The fourth-order valence-electron chi connectivity index (χ4n) is 5.03. The Morgan fingerprint density at radius 1 is 1.11 bits per heavy atom. The summed E-state index contributed by atoms with van der Waals surface area (Å²) in [6.45, 7) is 9.63. The number of hydrogen-bond acceptors (Lipinski definition) is 7. The highest BCUT2D eigenvalue weighted by molar-refractivity contribution is 6.38. The third-order valence-electron chi connectivity index (χ3n) is 6.86. The molecule has 4 amide bonds. The summed E-state index contributed by atoms with van der Waals surface area (Å²) in [5.41, 5.74) is -1.35. The number of ketones is 1. The number of likely N-dealkylation sites (tertiary alicyclic amines) is 1. The summed E-state index contributed by atoms with van der Waals surface area (Å²) in [6, 6.07) is -3.72. The largest absolute Gasteiger partial charge is 0.453 e. The Morgan fingerprint density at radius 2 is 1.71 bits per heavy atom. The number of methoxy groups -OCH3 is 1. The molecular weight excluding hydrogens is 506 g/mol. The van der Waals surface area contributed by atoms with Gasteiger partial charge < -0.3 is 30.3 Å². The van der Waals surface area contributed by atoms with Gasteiger partial charge in [0.15, 0.2) is 0 Å². The summed E-state index contributed by atoms with van der Waals surface area (Å²) in [5.74, 6) is -7.02. The van der Waals surface area contributed by atoms with Gasteiger partial charge in [-0.25, -0.2) is 13.6 Å². The van der Waals surface area contributed by atoms with Gasteiger partial charge in [0.1, 0.15) is 12.1 Å². The third kappa shape index (κ3) is 7.61. The molecule has 0 aromatic carbocycles. The zero-order valence-electron chi connectivity index (χ0n) is 23.3. The molecule has 2 saturated heterocycles. The van der Waals surface area contributed by atoms with E-state index in [0.29, 0.717) is 13.3 Å². The van der Waals surface area contributed by atoms with Crippen LogP contribution in [-0.2, 0) is 28.7 Å². The highest BCUT2D eigenvalue weighted by Gasteiger charge is 2.56. The highest BCUT2D eigenvalue weighted by atomic mass is 19.3. The molecule has 2 fully saturated rings. The van der Waals surface area contributed by atoms with E-state index in [9.17, 15) is 32.8 Å². The smallest absolute Gasteiger partial charge is 0.407 e. The summed E-state index contributed by atoms with van der Waals surface area (Å²) in [6.07, 6.45) is -2.15. The van der Waals surface area contributed by atoms with E-state index < -0.39 is 89.5 Å². The van der Waals surface area contributed by atoms with Gasteiger partial charge in [0, 0.05) is 25.9 Å². The van der Waals surface area contributed by atoms with Gasteiger partial charge in [-0.05, 0) is 39.0 Å². The summed E-state index contributed by atoms with van der Waals surface area (Å²) in [7, 11) is 2.38. The number of carbonyl (C=O) groups is 5. The number of likely N-dealkylation sites (N-methyl/N-ethyl adjacent to an activating group) is 1. The van der Waals surface area contributed by atoms with Gasteiger partial charge in [0.2, 0.25) is 23.5 Å². The van der Waals surface area contributed by atoms with Crippen LogP contribution in [0, 0.1) is 11.3 Å². The van der Waals surface area contributed by atoms with Crippen LogP contribution in [-0.4, -0.2) is 91.0 Å². The number of Topliss-reactive ketones (excluding diaryl/α,β-unsaturated/α-hetero) is 1. The van der Waals surface area contributed by atoms with Gasteiger partial charge in [0.25, 0.3) is 5.91 Å². The summed E-state index contributed by atoms with van der Waals surface area (Å²) >= 11 is 0. The fraction of sp³-hybridized carbons (Fsp3) is 0.800. The molecule has 0 aromatic rings. The highest BCUT2D eigenvalue weighted by Crippen LogP contribution is 2.43. The normalized spacial score (nSPS) is 24.2. The van der Waals surface area contributed by atoms with E-state index in [1.54, 1.807) is 20.8 Å². The molecule has 3 N–H and O–H groups in total. The summed E-state index contributed by atoms with van der Waals surface area (Å²) in [5, 5.41) is 7.14. The molecule has 2 rings (SSSR count). The van der Waals surface area contributed by atoms with Crippen molar-refractivity contribution in [2.24, 2.45) is 11.3 Å². The molecule has 5 atom stereocenters. The second-order valence-corrected chi connectivity index (χ2v) is 11.8. The van der Waals surface area contributed by atoms with Gasteiger partial charge in [-0.2, -0.15) is 0 Å². The van der Waals surface area contributed by atoms with E-state index in [2.05, 4.69) is 20.7 Å². The lowest BCUT2D eigenvalue weighted by atomic mass is 9.85. The molecule has 2 heterocycles. The van der Waals surface area contributed by atoms with E-state index in [1.807, 2.05) is 13.8 Å². The quantitative estimate of drug-likeness (QED) is 0.371. The van der Waals surface area contributed by atoms with Crippen molar-refractivity contribution in [3.63, 3.8) is 0 Å². The predicted molar refractivity (Wildman–Crippen MR) is 132 cm³/mol. The molecule has 0 aliphatic carbocycles. The van der Waals surface area contributed by atoms with Crippen molar-refractivity contribution >= 4 is 29.6 Å². The Kier molecular flexibility index (Phi) is 9.50. The number of rotatable bonds is 9. The first-order valence-corrected chi connectivity index (χ1v) is 12.6. The minimum Gasteiger partial charge on any atom is -0.453 e. The number of nitrogens with one attached hydrogen (secondary N) is 3. The van der Waals surface area contributed by atoms with Crippen LogP contribution in [0.15, 0.2) is 0 Å². The topological polar surface area (TPSA) is 143 Å². The van der Waals surface area contributed by atoms with E-state index in [0.717, 1.165) is 7.11 Å². The third-order valence-corrected chi connectivity index (χ3v) is 6.86. The molecule has 0 saturated carbocycles. The second-order valence-electron chi connectivity index (χ2n) is 11.8. The molecule has 38 heavy (non-hydrogen) atoms. The van der Waals surface area contributed by atoms with E-state index in [4.69, 9.17) is 4.74 Å². The summed E-state index contributed by atoms with van der Waals surface area (Å²) < 4.78 is 37.9. The van der Waals surface area contributed by atoms with Gasteiger partial charge in [-0.1, -0.05) is 20.8 Å². The zero-order valence-corrected chi connectivity index (χ0v) is 23.3. The van der Waals surface area contributed by atoms with Crippen LogP contribution in [0.1, 0.15) is 60.8 Å². The zero-order chi connectivity index (χ0) is 29.2. The lowest BCUT2D eigenvalue weighted by molar-refractivity contribution is -0.145. The first kappa shape index (κ1) is 31.4. The Balaban J connectivity index is 2.42. The second kappa shape index (κ2) is 11.5. The van der Waals surface area contributed by atoms with E-state index >= 15 is 0 Å². The Labute approximate surface area is 221 Å². The number of ether oxygens (including phenoxy) is 2. The minimum atomic E-state index is -3.13. The minimum absolute atomic E-state index is 0.0432. The van der Waals surface area contributed by atoms with Crippen LogP contribution in [0.4, 0.5) is 13.6 Å². The van der Waals surface area contributed by atoms with Gasteiger partial charge >= 0.3 is 6.09 Å². The molecular formula is C25H40F2N4O7. The molecule has 13 heteroatoms. The average molecular weight is 547 g/mol.